The van der Waals surface area contributed by atoms with E-state index in [9.17, 15) is 4.79 Å². The van der Waals surface area contributed by atoms with Crippen molar-refractivity contribution in [2.24, 2.45) is 5.73 Å². The summed E-state index contributed by atoms with van der Waals surface area (Å²) in [4.78, 5) is 11.9. The second kappa shape index (κ2) is 11.3. The standard InChI is InChI=1S/C15H24N2O4S.ClH/c1-19-12-7-10(8-13(20-2)14(12)21-3)9-17-15(18)11(16)5-6-22-4;/h7-8,11H,5-6,9,16H2,1-4H3,(H,17,18);1H/t11-;/m0./s1. The Labute approximate surface area is 147 Å². The van der Waals surface area contributed by atoms with E-state index in [0.717, 1.165) is 11.3 Å². The van der Waals surface area contributed by atoms with E-state index in [0.29, 0.717) is 30.2 Å². The van der Waals surface area contributed by atoms with Crippen LogP contribution in [0.3, 0.4) is 0 Å². The summed E-state index contributed by atoms with van der Waals surface area (Å²) in [5.74, 6) is 2.33. The first-order chi connectivity index (χ1) is 10.6. The van der Waals surface area contributed by atoms with Gasteiger partial charge in [0.2, 0.25) is 11.7 Å². The summed E-state index contributed by atoms with van der Waals surface area (Å²) in [5, 5.41) is 2.82. The molecule has 0 saturated carbocycles. The van der Waals surface area contributed by atoms with Crippen LogP contribution >= 0.6 is 24.2 Å². The number of ether oxygens (including phenoxy) is 3. The number of halogens is 1. The van der Waals surface area contributed by atoms with Crippen LogP contribution in [0.2, 0.25) is 0 Å². The van der Waals surface area contributed by atoms with E-state index >= 15 is 0 Å². The maximum absolute atomic E-state index is 11.9. The van der Waals surface area contributed by atoms with Crippen molar-refractivity contribution >= 4 is 30.1 Å². The van der Waals surface area contributed by atoms with Crippen LogP contribution in [0.5, 0.6) is 17.2 Å². The van der Waals surface area contributed by atoms with E-state index in [1.807, 2.05) is 6.26 Å². The summed E-state index contributed by atoms with van der Waals surface area (Å²) in [6, 6.07) is 3.11. The molecular formula is C15H25ClN2O4S. The highest BCUT2D eigenvalue weighted by molar-refractivity contribution is 7.98. The van der Waals surface area contributed by atoms with E-state index < -0.39 is 6.04 Å². The molecule has 0 heterocycles. The van der Waals surface area contributed by atoms with Crippen molar-refractivity contribution in [3.05, 3.63) is 17.7 Å². The van der Waals surface area contributed by atoms with E-state index in [-0.39, 0.29) is 18.3 Å². The molecule has 1 rings (SSSR count). The lowest BCUT2D eigenvalue weighted by molar-refractivity contribution is -0.122. The maximum Gasteiger partial charge on any atom is 0.237 e. The fourth-order valence-electron chi connectivity index (χ4n) is 1.93. The lowest BCUT2D eigenvalue weighted by Gasteiger charge is -2.15. The van der Waals surface area contributed by atoms with Crippen LogP contribution in [0.25, 0.3) is 0 Å². The summed E-state index contributed by atoms with van der Waals surface area (Å²) in [6.07, 6.45) is 2.64. The van der Waals surface area contributed by atoms with Crippen molar-refractivity contribution in [2.45, 2.75) is 19.0 Å². The molecule has 0 bridgehead atoms. The zero-order valence-corrected chi connectivity index (χ0v) is 15.5. The van der Waals surface area contributed by atoms with Crippen LogP contribution in [0.15, 0.2) is 12.1 Å². The third-order valence-electron chi connectivity index (χ3n) is 3.16. The van der Waals surface area contributed by atoms with Gasteiger partial charge in [-0.15, -0.1) is 12.4 Å². The Kier molecular flexibility index (Phi) is 10.6. The second-order valence-electron chi connectivity index (χ2n) is 4.64. The van der Waals surface area contributed by atoms with Gasteiger partial charge < -0.3 is 25.3 Å². The predicted molar refractivity (Wildman–Crippen MR) is 96.2 cm³/mol. The monoisotopic (exact) mass is 364 g/mol. The predicted octanol–water partition coefficient (Wildman–Crippen LogP) is 1.83. The van der Waals surface area contributed by atoms with Crippen LogP contribution in [0.1, 0.15) is 12.0 Å². The zero-order valence-electron chi connectivity index (χ0n) is 13.9. The molecule has 1 atom stereocenters. The average molecular weight is 365 g/mol. The van der Waals surface area contributed by atoms with Gasteiger partial charge in [-0.05, 0) is 36.1 Å². The highest BCUT2D eigenvalue weighted by atomic mass is 35.5. The Morgan fingerprint density at radius 1 is 1.22 bits per heavy atom. The van der Waals surface area contributed by atoms with Crippen molar-refractivity contribution in [1.82, 2.24) is 5.32 Å². The molecule has 1 amide bonds. The van der Waals surface area contributed by atoms with Crippen molar-refractivity contribution in [1.29, 1.82) is 0 Å². The molecule has 0 saturated heterocycles. The summed E-state index contributed by atoms with van der Waals surface area (Å²) >= 11 is 1.67. The largest absolute Gasteiger partial charge is 0.493 e. The van der Waals surface area contributed by atoms with Crippen molar-refractivity contribution < 1.29 is 19.0 Å². The van der Waals surface area contributed by atoms with Gasteiger partial charge in [-0.2, -0.15) is 11.8 Å². The SMILES string of the molecule is COc1cc(CNC(=O)[C@@H](N)CCSC)cc(OC)c1OC.Cl. The molecule has 0 aliphatic carbocycles. The number of nitrogens with one attached hydrogen (secondary N) is 1. The average Bonchev–Trinajstić information content (AvgIpc) is 2.55. The molecule has 8 heteroatoms. The first-order valence-corrected chi connectivity index (χ1v) is 8.27. The number of benzene rings is 1. The lowest BCUT2D eigenvalue weighted by atomic mass is 10.1. The van der Waals surface area contributed by atoms with Crippen LogP contribution < -0.4 is 25.3 Å². The number of thioether (sulfide) groups is 1. The van der Waals surface area contributed by atoms with Gasteiger partial charge in [0.1, 0.15) is 0 Å². The molecule has 23 heavy (non-hydrogen) atoms. The Bertz CT molecular complexity index is 477. The first-order valence-electron chi connectivity index (χ1n) is 6.88. The minimum absolute atomic E-state index is 0. The molecule has 3 N–H and O–H groups in total. The first kappa shape index (κ1) is 21.7. The number of hydrogen-bond donors (Lipinski definition) is 2. The molecule has 0 aromatic heterocycles. The molecule has 0 aliphatic rings. The zero-order chi connectivity index (χ0) is 16.5. The van der Waals surface area contributed by atoms with Crippen molar-refractivity contribution in [2.75, 3.05) is 33.3 Å². The van der Waals surface area contributed by atoms with Gasteiger partial charge in [0.05, 0.1) is 27.4 Å². The molecule has 6 nitrogen and oxygen atoms in total. The van der Waals surface area contributed by atoms with Gasteiger partial charge in [0.15, 0.2) is 11.5 Å². The van der Waals surface area contributed by atoms with E-state index in [1.54, 1.807) is 45.2 Å². The van der Waals surface area contributed by atoms with Crippen LogP contribution in [-0.4, -0.2) is 45.3 Å². The number of nitrogens with two attached hydrogens (primary N) is 1. The number of carbonyl (C=O) groups excluding carboxylic acids is 1. The Balaban J connectivity index is 0.00000484. The van der Waals surface area contributed by atoms with Gasteiger partial charge in [-0.3, -0.25) is 4.79 Å². The third kappa shape index (κ3) is 6.37. The van der Waals surface area contributed by atoms with Crippen LogP contribution in [0, 0.1) is 0 Å². The van der Waals surface area contributed by atoms with E-state index in [1.165, 1.54) is 0 Å². The summed E-state index contributed by atoms with van der Waals surface area (Å²) in [7, 11) is 4.66. The minimum Gasteiger partial charge on any atom is -0.493 e. The van der Waals surface area contributed by atoms with Gasteiger partial charge >= 0.3 is 0 Å². The molecule has 1 aromatic rings. The van der Waals surface area contributed by atoms with Crippen LogP contribution in [0.4, 0.5) is 0 Å². The molecular weight excluding hydrogens is 340 g/mol. The normalized spacial score (nSPS) is 11.2. The van der Waals surface area contributed by atoms with Crippen molar-refractivity contribution in [3.8, 4) is 17.2 Å². The van der Waals surface area contributed by atoms with Crippen molar-refractivity contribution in [3.63, 3.8) is 0 Å². The molecule has 1 aromatic carbocycles. The smallest absolute Gasteiger partial charge is 0.237 e. The summed E-state index contributed by atoms with van der Waals surface area (Å²) in [6.45, 7) is 0.350. The highest BCUT2D eigenvalue weighted by Crippen LogP contribution is 2.38. The summed E-state index contributed by atoms with van der Waals surface area (Å²) < 4.78 is 15.8. The topological polar surface area (TPSA) is 82.8 Å². The molecule has 0 aliphatic heterocycles. The number of carbonyl (C=O) groups is 1. The molecule has 0 spiro atoms. The van der Waals surface area contributed by atoms with Crippen LogP contribution in [-0.2, 0) is 11.3 Å². The van der Waals surface area contributed by atoms with Gasteiger partial charge in [0.25, 0.3) is 0 Å². The Morgan fingerprint density at radius 2 is 1.78 bits per heavy atom. The second-order valence-corrected chi connectivity index (χ2v) is 5.62. The number of amides is 1. The quantitative estimate of drug-likeness (QED) is 0.695. The molecule has 0 fully saturated rings. The van der Waals surface area contributed by atoms with Gasteiger partial charge in [-0.25, -0.2) is 0 Å². The Morgan fingerprint density at radius 3 is 2.22 bits per heavy atom. The van der Waals surface area contributed by atoms with Gasteiger partial charge in [-0.1, -0.05) is 0 Å². The summed E-state index contributed by atoms with van der Waals surface area (Å²) in [5.41, 5.74) is 6.68. The number of hydrogen-bond acceptors (Lipinski definition) is 6. The minimum atomic E-state index is -0.491. The number of methoxy groups -OCH3 is 3. The molecule has 0 unspecified atom stereocenters. The maximum atomic E-state index is 11.9. The van der Waals surface area contributed by atoms with Gasteiger partial charge in [0, 0.05) is 6.54 Å². The fraction of sp³-hybridized carbons (Fsp3) is 0.533. The lowest BCUT2D eigenvalue weighted by Crippen LogP contribution is -2.40. The third-order valence-corrected chi connectivity index (χ3v) is 3.80. The number of rotatable bonds is 9. The molecule has 0 radical (unpaired) electrons. The molecule has 132 valence electrons. The Hall–Kier alpha value is -1.31. The fourth-order valence-corrected chi connectivity index (χ4v) is 2.42. The van der Waals surface area contributed by atoms with E-state index in [2.05, 4.69) is 5.32 Å². The van der Waals surface area contributed by atoms with E-state index in [4.69, 9.17) is 19.9 Å². The highest BCUT2D eigenvalue weighted by Gasteiger charge is 2.15.